The molecular formula is C20H20N2O2. The third-order valence-corrected chi connectivity index (χ3v) is 4.61. The number of carbonyl (C=O) groups is 1. The lowest BCUT2D eigenvalue weighted by molar-refractivity contribution is 0.0926. The van der Waals surface area contributed by atoms with Gasteiger partial charge in [-0.2, -0.15) is 0 Å². The Balaban J connectivity index is 1.43. The molecule has 3 aromatic rings. The number of rotatable bonds is 4. The molecule has 2 aromatic carbocycles. The molecule has 1 aliphatic heterocycles. The van der Waals surface area contributed by atoms with E-state index in [2.05, 4.69) is 34.5 Å². The zero-order valence-corrected chi connectivity index (χ0v) is 13.4. The van der Waals surface area contributed by atoms with E-state index >= 15 is 0 Å². The van der Waals surface area contributed by atoms with Crippen LogP contribution in [0, 0.1) is 0 Å². The fourth-order valence-electron chi connectivity index (χ4n) is 3.40. The molecule has 0 spiro atoms. The number of benzene rings is 2. The van der Waals surface area contributed by atoms with E-state index in [1.165, 1.54) is 5.69 Å². The van der Waals surface area contributed by atoms with Crippen molar-refractivity contribution in [2.24, 2.45) is 0 Å². The number of hydrogen-bond donors (Lipinski definition) is 1. The van der Waals surface area contributed by atoms with Crippen LogP contribution in [0.1, 0.15) is 23.4 Å². The average Bonchev–Trinajstić information content (AvgIpc) is 3.27. The van der Waals surface area contributed by atoms with Gasteiger partial charge in [0.2, 0.25) is 0 Å². The summed E-state index contributed by atoms with van der Waals surface area (Å²) in [5.74, 6) is 0.228. The van der Waals surface area contributed by atoms with Gasteiger partial charge in [0.15, 0.2) is 5.76 Å². The topological polar surface area (TPSA) is 45.5 Å². The predicted octanol–water partition coefficient (Wildman–Crippen LogP) is 3.83. The largest absolute Gasteiger partial charge is 0.451 e. The maximum atomic E-state index is 12.4. The Morgan fingerprint density at radius 3 is 2.75 bits per heavy atom. The molecule has 2 heterocycles. The van der Waals surface area contributed by atoms with E-state index < -0.39 is 0 Å². The predicted molar refractivity (Wildman–Crippen MR) is 95.4 cm³/mol. The van der Waals surface area contributed by atoms with Gasteiger partial charge in [0.25, 0.3) is 5.91 Å². The summed E-state index contributed by atoms with van der Waals surface area (Å²) in [7, 11) is 0. The third kappa shape index (κ3) is 2.87. The second kappa shape index (κ2) is 6.40. The summed E-state index contributed by atoms with van der Waals surface area (Å²) in [4.78, 5) is 14.8. The maximum absolute atomic E-state index is 12.4. The summed E-state index contributed by atoms with van der Waals surface area (Å²) in [6.07, 6.45) is 2.25. The Morgan fingerprint density at radius 1 is 1.12 bits per heavy atom. The van der Waals surface area contributed by atoms with Gasteiger partial charge in [-0.05, 0) is 37.1 Å². The van der Waals surface area contributed by atoms with Gasteiger partial charge in [0, 0.05) is 30.2 Å². The molecule has 4 nitrogen and oxygen atoms in total. The third-order valence-electron chi connectivity index (χ3n) is 4.61. The van der Waals surface area contributed by atoms with Crippen molar-refractivity contribution in [1.82, 2.24) is 5.32 Å². The maximum Gasteiger partial charge on any atom is 0.287 e. The Labute approximate surface area is 141 Å². The molecule has 122 valence electrons. The van der Waals surface area contributed by atoms with Gasteiger partial charge in [-0.15, -0.1) is 0 Å². The van der Waals surface area contributed by atoms with Crippen LogP contribution in [0.15, 0.2) is 65.1 Å². The number of carbonyl (C=O) groups excluding carboxylic acids is 1. The van der Waals surface area contributed by atoms with Crippen LogP contribution >= 0.6 is 0 Å². The fraction of sp³-hybridized carbons (Fsp3) is 0.250. The number of furan rings is 1. The van der Waals surface area contributed by atoms with Crippen molar-refractivity contribution in [3.63, 3.8) is 0 Å². The van der Waals surface area contributed by atoms with Gasteiger partial charge in [0.1, 0.15) is 5.58 Å². The number of para-hydroxylation sites is 2. The summed E-state index contributed by atoms with van der Waals surface area (Å²) in [5.41, 5.74) is 1.97. The van der Waals surface area contributed by atoms with Crippen LogP contribution in [-0.2, 0) is 0 Å². The lowest BCUT2D eigenvalue weighted by Crippen LogP contribution is -2.40. The van der Waals surface area contributed by atoms with Crippen molar-refractivity contribution >= 4 is 22.6 Å². The molecule has 1 fully saturated rings. The molecule has 1 aromatic heterocycles. The molecule has 1 N–H and O–H groups in total. The van der Waals surface area contributed by atoms with Gasteiger partial charge in [-0.3, -0.25) is 4.79 Å². The van der Waals surface area contributed by atoms with Gasteiger partial charge >= 0.3 is 0 Å². The number of hydrogen-bond acceptors (Lipinski definition) is 3. The normalized spacial score (nSPS) is 17.3. The number of anilines is 1. The molecule has 0 aliphatic carbocycles. The molecule has 1 aliphatic rings. The first-order valence-corrected chi connectivity index (χ1v) is 8.40. The molecule has 1 amide bonds. The molecule has 0 radical (unpaired) electrons. The summed E-state index contributed by atoms with van der Waals surface area (Å²) in [6, 6.07) is 20.2. The molecular weight excluding hydrogens is 300 g/mol. The molecule has 4 heteroatoms. The smallest absolute Gasteiger partial charge is 0.287 e. The second-order valence-corrected chi connectivity index (χ2v) is 6.18. The number of amides is 1. The fourth-order valence-corrected chi connectivity index (χ4v) is 3.40. The van der Waals surface area contributed by atoms with Crippen molar-refractivity contribution in [2.75, 3.05) is 18.0 Å². The Kier molecular flexibility index (Phi) is 3.95. The van der Waals surface area contributed by atoms with Crippen LogP contribution in [0.2, 0.25) is 0 Å². The minimum absolute atomic E-state index is 0.147. The summed E-state index contributed by atoms with van der Waals surface area (Å²) < 4.78 is 5.63. The van der Waals surface area contributed by atoms with Crippen molar-refractivity contribution in [3.8, 4) is 0 Å². The van der Waals surface area contributed by atoms with Crippen molar-refractivity contribution in [3.05, 3.63) is 66.4 Å². The lowest BCUT2D eigenvalue weighted by Gasteiger charge is -2.26. The van der Waals surface area contributed by atoms with E-state index in [9.17, 15) is 4.79 Å². The minimum atomic E-state index is -0.147. The van der Waals surface area contributed by atoms with E-state index in [-0.39, 0.29) is 5.91 Å². The highest BCUT2D eigenvalue weighted by atomic mass is 16.3. The van der Waals surface area contributed by atoms with E-state index in [1.54, 1.807) is 6.07 Å². The zero-order valence-electron chi connectivity index (χ0n) is 13.4. The molecule has 0 saturated carbocycles. The van der Waals surface area contributed by atoms with Crippen LogP contribution in [0.4, 0.5) is 5.69 Å². The van der Waals surface area contributed by atoms with E-state index in [0.29, 0.717) is 18.3 Å². The minimum Gasteiger partial charge on any atom is -0.451 e. The van der Waals surface area contributed by atoms with Gasteiger partial charge in [-0.1, -0.05) is 36.4 Å². The van der Waals surface area contributed by atoms with Crippen molar-refractivity contribution in [1.29, 1.82) is 0 Å². The summed E-state index contributed by atoms with van der Waals surface area (Å²) in [6.45, 7) is 1.67. The quantitative estimate of drug-likeness (QED) is 0.794. The number of nitrogens with one attached hydrogen (secondary N) is 1. The number of fused-ring (bicyclic) bond motifs is 1. The summed E-state index contributed by atoms with van der Waals surface area (Å²) in [5, 5.41) is 3.98. The van der Waals surface area contributed by atoms with Crippen molar-refractivity contribution < 1.29 is 9.21 Å². The SMILES string of the molecule is O=C(NCC1CCCN1c1ccccc1)c1cc2ccccc2o1. The molecule has 24 heavy (non-hydrogen) atoms. The summed E-state index contributed by atoms with van der Waals surface area (Å²) >= 11 is 0. The monoisotopic (exact) mass is 320 g/mol. The molecule has 1 saturated heterocycles. The van der Waals surface area contributed by atoms with E-state index in [4.69, 9.17) is 4.42 Å². The molecule has 4 rings (SSSR count). The standard InChI is InChI=1S/C20H20N2O2/c23-20(19-13-15-7-4-5-11-18(15)24-19)21-14-17-10-6-12-22(17)16-8-2-1-3-9-16/h1-5,7-9,11,13,17H,6,10,12,14H2,(H,21,23). The van der Waals surface area contributed by atoms with Crippen LogP contribution in [0.3, 0.4) is 0 Å². The van der Waals surface area contributed by atoms with Gasteiger partial charge in [0.05, 0.1) is 0 Å². The Hall–Kier alpha value is -2.75. The lowest BCUT2D eigenvalue weighted by atomic mass is 10.2. The Morgan fingerprint density at radius 2 is 1.92 bits per heavy atom. The average molecular weight is 320 g/mol. The van der Waals surface area contributed by atoms with Crippen LogP contribution in [0.25, 0.3) is 11.0 Å². The first kappa shape index (κ1) is 14.8. The molecule has 1 atom stereocenters. The highest BCUT2D eigenvalue weighted by Gasteiger charge is 2.25. The zero-order chi connectivity index (χ0) is 16.4. The first-order chi connectivity index (χ1) is 11.8. The molecule has 0 bridgehead atoms. The van der Waals surface area contributed by atoms with Crippen LogP contribution in [-0.4, -0.2) is 25.0 Å². The van der Waals surface area contributed by atoms with E-state index in [0.717, 1.165) is 30.4 Å². The number of nitrogens with zero attached hydrogens (tertiary/aromatic N) is 1. The van der Waals surface area contributed by atoms with Crippen molar-refractivity contribution in [2.45, 2.75) is 18.9 Å². The van der Waals surface area contributed by atoms with Crippen LogP contribution < -0.4 is 10.2 Å². The van der Waals surface area contributed by atoms with Gasteiger partial charge in [-0.25, -0.2) is 0 Å². The highest BCUT2D eigenvalue weighted by Crippen LogP contribution is 2.25. The van der Waals surface area contributed by atoms with Gasteiger partial charge < -0.3 is 14.6 Å². The Bertz CT molecular complexity index is 808. The van der Waals surface area contributed by atoms with Crippen LogP contribution in [0.5, 0.6) is 0 Å². The second-order valence-electron chi connectivity index (χ2n) is 6.18. The highest BCUT2D eigenvalue weighted by molar-refractivity contribution is 5.96. The first-order valence-electron chi connectivity index (χ1n) is 8.40. The molecule has 1 unspecified atom stereocenters. The van der Waals surface area contributed by atoms with E-state index in [1.807, 2.05) is 30.3 Å².